The number of hydrogen-bond acceptors (Lipinski definition) is 7. The molecule has 1 N–H and O–H groups in total. The van der Waals surface area contributed by atoms with Gasteiger partial charge in [-0.3, -0.25) is 9.78 Å². The lowest BCUT2D eigenvalue weighted by atomic mass is 9.92. The summed E-state index contributed by atoms with van der Waals surface area (Å²) in [4.78, 5) is 33.3. The van der Waals surface area contributed by atoms with Crippen molar-refractivity contribution in [2.75, 3.05) is 26.7 Å². The predicted octanol–water partition coefficient (Wildman–Crippen LogP) is 5.63. The molecule has 12 heteroatoms. The van der Waals surface area contributed by atoms with Gasteiger partial charge in [0.25, 0.3) is 0 Å². The first kappa shape index (κ1) is 28.9. The molecule has 1 amide bonds. The molecule has 4 aromatic heterocycles. The van der Waals surface area contributed by atoms with Crippen LogP contribution >= 0.6 is 0 Å². The molecular formula is C31H33F3N6O3. The number of H-pyrrole nitrogens is 1. The number of likely N-dealkylation sites (tertiary alicyclic amines) is 1. The Kier molecular flexibility index (Phi) is 7.72. The standard InChI is InChI=1S/C31H33F3N6O3/c1-4-20-15-40(16-21-12-23(14-36-28(20)21)42-26-5-7-35-29-24(26)9-18(2)38-29)27(41)11-19-10-25(31(32,33)34)30(37-13-19)43-22-6-8-39(3)17-22/h5,7,9-10,12-14,20,22H,4,6,8,11,15-17H2,1-3H3,(H,35,38)/t20-,22-/m1/s1. The van der Waals surface area contributed by atoms with E-state index >= 15 is 0 Å². The largest absolute Gasteiger partial charge is 0.473 e. The molecule has 2 aliphatic heterocycles. The second kappa shape index (κ2) is 11.5. The van der Waals surface area contributed by atoms with Crippen molar-refractivity contribution in [1.82, 2.24) is 29.7 Å². The van der Waals surface area contributed by atoms with Gasteiger partial charge in [-0.15, -0.1) is 0 Å². The predicted molar refractivity (Wildman–Crippen MR) is 153 cm³/mol. The molecule has 6 heterocycles. The minimum Gasteiger partial charge on any atom is -0.473 e. The Bertz CT molecular complexity index is 1660. The van der Waals surface area contributed by atoms with E-state index in [1.807, 2.05) is 37.9 Å². The summed E-state index contributed by atoms with van der Waals surface area (Å²) in [6.07, 6.45) is 0.808. The van der Waals surface area contributed by atoms with Crippen LogP contribution in [0.1, 0.15) is 53.8 Å². The molecule has 43 heavy (non-hydrogen) atoms. The number of ether oxygens (including phenoxy) is 2. The lowest BCUT2D eigenvalue weighted by molar-refractivity contribution is -0.140. The Balaban J connectivity index is 1.20. The Morgan fingerprint density at radius 1 is 1.14 bits per heavy atom. The monoisotopic (exact) mass is 594 g/mol. The van der Waals surface area contributed by atoms with Gasteiger partial charge >= 0.3 is 6.18 Å². The summed E-state index contributed by atoms with van der Waals surface area (Å²) in [5, 5.41) is 0.847. The average Bonchev–Trinajstić information content (AvgIpc) is 3.56. The van der Waals surface area contributed by atoms with E-state index in [-0.39, 0.29) is 36.5 Å². The molecular weight excluding hydrogens is 561 g/mol. The molecule has 1 fully saturated rings. The van der Waals surface area contributed by atoms with Crippen molar-refractivity contribution >= 4 is 16.9 Å². The fourth-order valence-corrected chi connectivity index (χ4v) is 5.86. The molecule has 4 aromatic rings. The highest BCUT2D eigenvalue weighted by atomic mass is 19.4. The van der Waals surface area contributed by atoms with E-state index in [1.165, 1.54) is 6.20 Å². The van der Waals surface area contributed by atoms with Crippen LogP contribution in [0.25, 0.3) is 11.0 Å². The van der Waals surface area contributed by atoms with E-state index in [2.05, 4.69) is 19.9 Å². The van der Waals surface area contributed by atoms with E-state index < -0.39 is 17.6 Å². The van der Waals surface area contributed by atoms with Crippen molar-refractivity contribution in [2.24, 2.45) is 0 Å². The number of pyridine rings is 3. The lowest BCUT2D eigenvalue weighted by Crippen LogP contribution is -2.39. The highest BCUT2D eigenvalue weighted by molar-refractivity contribution is 5.83. The molecule has 0 aromatic carbocycles. The SMILES string of the molecule is CC[C@@H]1CN(C(=O)Cc2cnc(O[C@@H]3CCN(C)C3)c(C(F)(F)F)c2)Cc2cc(Oc3ccnc4[nH]c(C)cc34)cnc21. The minimum absolute atomic E-state index is 0.00844. The molecule has 0 unspecified atom stereocenters. The molecule has 9 nitrogen and oxygen atoms in total. The van der Waals surface area contributed by atoms with E-state index in [0.29, 0.717) is 31.0 Å². The van der Waals surface area contributed by atoms with Gasteiger partial charge in [-0.05, 0) is 62.2 Å². The number of fused-ring (bicyclic) bond motifs is 2. The van der Waals surface area contributed by atoms with Crippen molar-refractivity contribution < 1.29 is 27.4 Å². The van der Waals surface area contributed by atoms with Crippen molar-refractivity contribution in [1.29, 1.82) is 0 Å². The zero-order valence-corrected chi connectivity index (χ0v) is 24.2. The Labute approximate surface area is 247 Å². The molecule has 0 saturated carbocycles. The highest BCUT2D eigenvalue weighted by Crippen LogP contribution is 2.37. The zero-order chi connectivity index (χ0) is 30.3. The summed E-state index contributed by atoms with van der Waals surface area (Å²) < 4.78 is 53.7. The van der Waals surface area contributed by atoms with Crippen LogP contribution in [-0.2, 0) is 23.9 Å². The molecule has 1 saturated heterocycles. The van der Waals surface area contributed by atoms with Crippen LogP contribution in [-0.4, -0.2) is 68.4 Å². The molecule has 6 rings (SSSR count). The van der Waals surface area contributed by atoms with Crippen LogP contribution in [0.3, 0.4) is 0 Å². The van der Waals surface area contributed by atoms with Gasteiger partial charge < -0.3 is 24.3 Å². The fourth-order valence-electron chi connectivity index (χ4n) is 5.86. The summed E-state index contributed by atoms with van der Waals surface area (Å²) >= 11 is 0. The van der Waals surface area contributed by atoms with Crippen LogP contribution in [0.15, 0.2) is 42.9 Å². The molecule has 0 aliphatic carbocycles. The van der Waals surface area contributed by atoms with Gasteiger partial charge in [0.05, 0.1) is 23.7 Å². The fraction of sp³-hybridized carbons (Fsp3) is 0.419. The highest BCUT2D eigenvalue weighted by Gasteiger charge is 2.37. The molecule has 0 radical (unpaired) electrons. The van der Waals surface area contributed by atoms with Crippen molar-refractivity contribution in [3.63, 3.8) is 0 Å². The topological polar surface area (TPSA) is 96.5 Å². The van der Waals surface area contributed by atoms with E-state index in [4.69, 9.17) is 9.47 Å². The number of rotatable bonds is 7. The molecule has 2 atom stereocenters. The smallest absolute Gasteiger partial charge is 0.421 e. The Morgan fingerprint density at radius 2 is 1.98 bits per heavy atom. The van der Waals surface area contributed by atoms with Gasteiger partial charge in [-0.1, -0.05) is 6.92 Å². The Morgan fingerprint density at radius 3 is 2.72 bits per heavy atom. The van der Waals surface area contributed by atoms with Crippen LogP contribution < -0.4 is 9.47 Å². The third kappa shape index (κ3) is 6.15. The summed E-state index contributed by atoms with van der Waals surface area (Å²) in [6, 6.07) is 6.61. The van der Waals surface area contributed by atoms with E-state index in [0.717, 1.165) is 47.0 Å². The first-order chi connectivity index (χ1) is 20.6. The maximum absolute atomic E-state index is 14.0. The lowest BCUT2D eigenvalue weighted by Gasteiger charge is -2.34. The number of halogens is 3. The second-order valence-corrected chi connectivity index (χ2v) is 11.4. The molecule has 0 bridgehead atoms. The van der Waals surface area contributed by atoms with Crippen molar-refractivity contribution in [3.05, 3.63) is 70.9 Å². The van der Waals surface area contributed by atoms with Crippen molar-refractivity contribution in [2.45, 2.75) is 57.9 Å². The van der Waals surface area contributed by atoms with Crippen LogP contribution in [0.4, 0.5) is 13.2 Å². The summed E-state index contributed by atoms with van der Waals surface area (Å²) in [6.45, 7) is 5.96. The van der Waals surface area contributed by atoms with Gasteiger partial charge in [-0.25, -0.2) is 9.97 Å². The van der Waals surface area contributed by atoms with E-state index in [1.54, 1.807) is 23.4 Å². The number of amides is 1. The van der Waals surface area contributed by atoms with Gasteiger partial charge in [0.2, 0.25) is 11.8 Å². The number of carbonyl (C=O) groups excluding carboxylic acids is 1. The molecule has 0 spiro atoms. The van der Waals surface area contributed by atoms with Gasteiger partial charge in [0.1, 0.15) is 28.8 Å². The average molecular weight is 595 g/mol. The van der Waals surface area contributed by atoms with Crippen LogP contribution in [0.5, 0.6) is 17.4 Å². The number of carbonyl (C=O) groups is 1. The molecule has 226 valence electrons. The number of likely N-dealkylation sites (N-methyl/N-ethyl adjacent to an activating group) is 1. The maximum atomic E-state index is 14.0. The number of aryl methyl sites for hydroxylation is 1. The first-order valence-corrected chi connectivity index (χ1v) is 14.4. The summed E-state index contributed by atoms with van der Waals surface area (Å²) in [5.41, 5.74) is 2.65. The van der Waals surface area contributed by atoms with Crippen LogP contribution in [0, 0.1) is 6.92 Å². The van der Waals surface area contributed by atoms with Gasteiger partial charge in [-0.2, -0.15) is 13.2 Å². The minimum atomic E-state index is -4.66. The number of alkyl halides is 3. The summed E-state index contributed by atoms with van der Waals surface area (Å²) in [5.74, 6) is 0.423. The van der Waals surface area contributed by atoms with Gasteiger partial charge in [0.15, 0.2) is 0 Å². The number of nitrogens with zero attached hydrogens (tertiary/aromatic N) is 5. The van der Waals surface area contributed by atoms with Crippen molar-refractivity contribution in [3.8, 4) is 17.4 Å². The zero-order valence-electron chi connectivity index (χ0n) is 24.2. The first-order valence-electron chi connectivity index (χ1n) is 14.4. The maximum Gasteiger partial charge on any atom is 0.421 e. The number of aromatic nitrogens is 4. The number of nitrogens with one attached hydrogen (secondary N) is 1. The summed E-state index contributed by atoms with van der Waals surface area (Å²) in [7, 11) is 1.89. The van der Waals surface area contributed by atoms with Gasteiger partial charge in [0, 0.05) is 50.2 Å². The number of aromatic amines is 1. The quantitative estimate of drug-likeness (QED) is 0.296. The normalized spacial score (nSPS) is 19.1. The second-order valence-electron chi connectivity index (χ2n) is 11.4. The van der Waals surface area contributed by atoms with E-state index in [9.17, 15) is 18.0 Å². The third-order valence-corrected chi connectivity index (χ3v) is 8.06. The molecule has 2 aliphatic rings. The number of hydrogen-bond donors (Lipinski definition) is 1. The van der Waals surface area contributed by atoms with Crippen LogP contribution in [0.2, 0.25) is 0 Å². The Hall–Kier alpha value is -4.19. The third-order valence-electron chi connectivity index (χ3n) is 8.06.